The summed E-state index contributed by atoms with van der Waals surface area (Å²) in [4.78, 5) is 4.44. The Bertz CT molecular complexity index is 598. The molecule has 5 heteroatoms. The average molecular weight is 294 g/mol. The minimum Gasteiger partial charge on any atom is -0.389 e. The molecule has 1 aliphatic rings. The molecular formula is C15H16F2N2S. The van der Waals surface area contributed by atoms with Crippen LogP contribution in [0.25, 0.3) is 11.3 Å². The van der Waals surface area contributed by atoms with E-state index < -0.39 is 11.6 Å². The number of thiazole rings is 1. The number of benzene rings is 1. The fraction of sp³-hybridized carbons (Fsp3) is 0.400. The predicted octanol–water partition coefficient (Wildman–Crippen LogP) is 4.72. The summed E-state index contributed by atoms with van der Waals surface area (Å²) in [6.45, 7) is 0. The first-order valence-electron chi connectivity index (χ1n) is 6.87. The molecule has 2 N–H and O–H groups in total. The molecule has 0 unspecified atom stereocenters. The summed E-state index contributed by atoms with van der Waals surface area (Å²) in [7, 11) is 0. The second kappa shape index (κ2) is 5.48. The molecule has 106 valence electrons. The number of nitrogen functional groups attached to an aromatic ring is 1. The molecule has 1 fully saturated rings. The Balaban J connectivity index is 2.00. The number of aromatic nitrogens is 1. The Morgan fingerprint density at radius 2 is 1.75 bits per heavy atom. The van der Waals surface area contributed by atoms with E-state index in [0.29, 0.717) is 10.9 Å². The molecule has 1 heterocycles. The molecule has 0 radical (unpaired) electrons. The molecule has 0 bridgehead atoms. The van der Waals surface area contributed by atoms with Crippen LogP contribution in [0.15, 0.2) is 18.2 Å². The third-order valence-corrected chi connectivity index (χ3v) is 4.87. The number of hydrogen-bond acceptors (Lipinski definition) is 3. The van der Waals surface area contributed by atoms with Gasteiger partial charge in [0.1, 0.15) is 22.3 Å². The van der Waals surface area contributed by atoms with Crippen molar-refractivity contribution in [3.63, 3.8) is 0 Å². The van der Waals surface area contributed by atoms with Crippen LogP contribution in [0.5, 0.6) is 0 Å². The summed E-state index contributed by atoms with van der Waals surface area (Å²) in [5.74, 6) is -0.839. The lowest BCUT2D eigenvalue weighted by molar-refractivity contribution is 0.442. The van der Waals surface area contributed by atoms with Gasteiger partial charge in [-0.05, 0) is 25.0 Å². The van der Waals surface area contributed by atoms with E-state index in [1.165, 1.54) is 48.8 Å². The predicted molar refractivity (Wildman–Crippen MR) is 77.7 cm³/mol. The van der Waals surface area contributed by atoms with Gasteiger partial charge in [-0.3, -0.25) is 0 Å². The smallest absolute Gasteiger partial charge is 0.135 e. The minimum absolute atomic E-state index is 0.108. The van der Waals surface area contributed by atoms with Crippen LogP contribution >= 0.6 is 11.3 Å². The van der Waals surface area contributed by atoms with Crippen LogP contribution in [0, 0.1) is 11.6 Å². The first kappa shape index (κ1) is 13.5. The van der Waals surface area contributed by atoms with Crippen molar-refractivity contribution in [3.8, 4) is 11.3 Å². The van der Waals surface area contributed by atoms with Crippen LogP contribution in [0.1, 0.15) is 43.0 Å². The van der Waals surface area contributed by atoms with Gasteiger partial charge < -0.3 is 5.73 Å². The van der Waals surface area contributed by atoms with Gasteiger partial charge in [0.15, 0.2) is 0 Å². The Morgan fingerprint density at radius 3 is 2.40 bits per heavy atom. The first-order chi connectivity index (χ1) is 9.66. The number of hydrogen-bond donors (Lipinski definition) is 1. The third-order valence-electron chi connectivity index (χ3n) is 3.82. The summed E-state index contributed by atoms with van der Waals surface area (Å²) >= 11 is 1.37. The Kier molecular flexibility index (Phi) is 3.70. The molecule has 0 saturated heterocycles. The molecular weight excluding hydrogens is 278 g/mol. The third kappa shape index (κ3) is 2.42. The largest absolute Gasteiger partial charge is 0.389 e. The van der Waals surface area contributed by atoms with E-state index in [0.717, 1.165) is 17.8 Å². The van der Waals surface area contributed by atoms with Gasteiger partial charge >= 0.3 is 0 Å². The monoisotopic (exact) mass is 294 g/mol. The SMILES string of the molecule is Nc1sc(C2CCCCC2)nc1-c1c(F)cccc1F. The molecule has 1 aromatic carbocycles. The number of anilines is 1. The lowest BCUT2D eigenvalue weighted by Crippen LogP contribution is -2.04. The molecule has 0 spiro atoms. The van der Waals surface area contributed by atoms with Crippen LogP contribution in [0.4, 0.5) is 13.8 Å². The van der Waals surface area contributed by atoms with Crippen LogP contribution in [-0.4, -0.2) is 4.98 Å². The normalized spacial score (nSPS) is 16.5. The van der Waals surface area contributed by atoms with Crippen molar-refractivity contribution in [2.24, 2.45) is 0 Å². The van der Waals surface area contributed by atoms with Gasteiger partial charge in [-0.2, -0.15) is 0 Å². The van der Waals surface area contributed by atoms with E-state index in [-0.39, 0.29) is 11.3 Å². The van der Waals surface area contributed by atoms with Gasteiger partial charge in [0, 0.05) is 5.92 Å². The summed E-state index contributed by atoms with van der Waals surface area (Å²) < 4.78 is 27.7. The van der Waals surface area contributed by atoms with Crippen molar-refractivity contribution in [2.45, 2.75) is 38.0 Å². The van der Waals surface area contributed by atoms with E-state index >= 15 is 0 Å². The van der Waals surface area contributed by atoms with Crippen LogP contribution in [0.3, 0.4) is 0 Å². The number of nitrogens with two attached hydrogens (primary N) is 1. The molecule has 0 amide bonds. The molecule has 1 saturated carbocycles. The van der Waals surface area contributed by atoms with Gasteiger partial charge in [-0.15, -0.1) is 11.3 Å². The summed E-state index contributed by atoms with van der Waals surface area (Å²) in [6.07, 6.45) is 5.81. The maximum atomic E-state index is 13.8. The highest BCUT2D eigenvalue weighted by Gasteiger charge is 2.23. The molecule has 20 heavy (non-hydrogen) atoms. The molecule has 1 aromatic heterocycles. The second-order valence-electron chi connectivity index (χ2n) is 5.20. The molecule has 2 nitrogen and oxygen atoms in total. The van der Waals surface area contributed by atoms with Crippen LogP contribution in [-0.2, 0) is 0 Å². The Hall–Kier alpha value is -1.49. The summed E-state index contributed by atoms with van der Waals surface area (Å²) in [5, 5.41) is 1.31. The highest BCUT2D eigenvalue weighted by molar-refractivity contribution is 7.16. The molecule has 0 aliphatic heterocycles. The van der Waals surface area contributed by atoms with Crippen molar-refractivity contribution in [3.05, 3.63) is 34.8 Å². The summed E-state index contributed by atoms with van der Waals surface area (Å²) in [6, 6.07) is 3.81. The van der Waals surface area contributed by atoms with Gasteiger partial charge in [0.2, 0.25) is 0 Å². The summed E-state index contributed by atoms with van der Waals surface area (Å²) in [5.41, 5.74) is 6.09. The molecule has 3 rings (SSSR count). The Labute approximate surface area is 120 Å². The maximum Gasteiger partial charge on any atom is 0.135 e. The van der Waals surface area contributed by atoms with Crippen molar-refractivity contribution in [1.82, 2.24) is 4.98 Å². The number of halogens is 2. The van der Waals surface area contributed by atoms with Gasteiger partial charge in [-0.25, -0.2) is 13.8 Å². The lowest BCUT2D eigenvalue weighted by atomic mass is 9.90. The topological polar surface area (TPSA) is 38.9 Å². The van der Waals surface area contributed by atoms with Gasteiger partial charge in [-0.1, -0.05) is 25.3 Å². The van der Waals surface area contributed by atoms with E-state index in [4.69, 9.17) is 5.73 Å². The van der Waals surface area contributed by atoms with Crippen molar-refractivity contribution >= 4 is 16.3 Å². The van der Waals surface area contributed by atoms with Gasteiger partial charge in [0.25, 0.3) is 0 Å². The standard InChI is InChI=1S/C15H16F2N2S/c16-10-7-4-8-11(17)12(10)13-14(18)20-15(19-13)9-5-2-1-3-6-9/h4,7-9H,1-3,5-6,18H2. The second-order valence-corrected chi connectivity index (χ2v) is 6.26. The highest BCUT2D eigenvalue weighted by atomic mass is 32.1. The van der Waals surface area contributed by atoms with Crippen molar-refractivity contribution in [2.75, 3.05) is 5.73 Å². The zero-order chi connectivity index (χ0) is 14.1. The molecule has 0 atom stereocenters. The first-order valence-corrected chi connectivity index (χ1v) is 7.69. The van der Waals surface area contributed by atoms with E-state index in [9.17, 15) is 8.78 Å². The number of nitrogens with zero attached hydrogens (tertiary/aromatic N) is 1. The van der Waals surface area contributed by atoms with Crippen LogP contribution in [0.2, 0.25) is 0 Å². The fourth-order valence-electron chi connectivity index (χ4n) is 2.78. The van der Waals surface area contributed by atoms with E-state index in [1.54, 1.807) is 0 Å². The molecule has 2 aromatic rings. The number of rotatable bonds is 2. The minimum atomic E-state index is -0.614. The van der Waals surface area contributed by atoms with Crippen molar-refractivity contribution < 1.29 is 8.78 Å². The zero-order valence-corrected chi connectivity index (χ0v) is 11.9. The average Bonchev–Trinajstić information content (AvgIpc) is 2.82. The van der Waals surface area contributed by atoms with Gasteiger partial charge in [0.05, 0.1) is 10.6 Å². The quantitative estimate of drug-likeness (QED) is 0.870. The molecule has 1 aliphatic carbocycles. The maximum absolute atomic E-state index is 13.8. The van der Waals surface area contributed by atoms with Crippen molar-refractivity contribution in [1.29, 1.82) is 0 Å². The fourth-order valence-corrected chi connectivity index (χ4v) is 3.79. The highest BCUT2D eigenvalue weighted by Crippen LogP contribution is 2.40. The van der Waals surface area contributed by atoms with E-state index in [1.807, 2.05) is 0 Å². The van der Waals surface area contributed by atoms with Crippen LogP contribution < -0.4 is 5.73 Å². The Morgan fingerprint density at radius 1 is 1.10 bits per heavy atom. The van der Waals surface area contributed by atoms with E-state index in [2.05, 4.69) is 4.98 Å². The zero-order valence-electron chi connectivity index (χ0n) is 11.0. The lowest BCUT2D eigenvalue weighted by Gasteiger charge is -2.18.